The summed E-state index contributed by atoms with van der Waals surface area (Å²) in [4.78, 5) is 31.4. The minimum atomic E-state index is -0.833. The van der Waals surface area contributed by atoms with E-state index in [9.17, 15) is 14.9 Å². The fourth-order valence-electron chi connectivity index (χ4n) is 1.58. The van der Waals surface area contributed by atoms with Crippen molar-refractivity contribution in [2.75, 3.05) is 0 Å². The third kappa shape index (κ3) is 4.99. The summed E-state index contributed by atoms with van der Waals surface area (Å²) in [5.74, 6) is -1.22. The van der Waals surface area contributed by atoms with E-state index in [2.05, 4.69) is 0 Å². The van der Waals surface area contributed by atoms with Crippen LogP contribution in [-0.4, -0.2) is 21.8 Å². The van der Waals surface area contributed by atoms with Crippen LogP contribution in [0.2, 0.25) is 5.02 Å². The van der Waals surface area contributed by atoms with Crippen LogP contribution in [0.15, 0.2) is 48.5 Å². The van der Waals surface area contributed by atoms with Crippen molar-refractivity contribution in [3.63, 3.8) is 0 Å². The van der Waals surface area contributed by atoms with Gasteiger partial charge in [0.05, 0.1) is 4.92 Å². The molecule has 0 aliphatic rings. The summed E-state index contributed by atoms with van der Waals surface area (Å²) in [6.45, 7) is 1.08. The van der Waals surface area contributed by atoms with Crippen LogP contribution >= 0.6 is 11.6 Å². The summed E-state index contributed by atoms with van der Waals surface area (Å²) >= 11 is 5.72. The highest BCUT2D eigenvalue weighted by molar-refractivity contribution is 6.30. The molecule has 114 valence electrons. The van der Waals surface area contributed by atoms with Crippen molar-refractivity contribution in [3.05, 3.63) is 74.8 Å². The van der Waals surface area contributed by atoms with E-state index in [1.807, 2.05) is 0 Å². The highest BCUT2D eigenvalue weighted by atomic mass is 35.5. The van der Waals surface area contributed by atoms with Crippen molar-refractivity contribution < 1.29 is 19.6 Å². The maximum atomic E-state index is 12.1. The van der Waals surface area contributed by atoms with Gasteiger partial charge in [-0.2, -0.15) is 0 Å². The normalized spacial score (nSPS) is 9.36. The summed E-state index contributed by atoms with van der Waals surface area (Å²) in [5, 5.41) is 18.8. The first kappa shape index (κ1) is 17.3. The van der Waals surface area contributed by atoms with E-state index in [0.29, 0.717) is 10.6 Å². The number of carboxylic acid groups (broad SMARTS) is 1. The molecule has 0 amide bonds. The number of aliphatic carboxylic acids is 1. The van der Waals surface area contributed by atoms with Gasteiger partial charge in [-0.15, -0.1) is 0 Å². The lowest BCUT2D eigenvalue weighted by atomic mass is 10.0. The summed E-state index contributed by atoms with van der Waals surface area (Å²) in [6, 6.07) is 12.1. The Bertz CT molecular complexity index is 693. The first-order valence-electron chi connectivity index (χ1n) is 6.06. The Kier molecular flexibility index (Phi) is 6.22. The molecule has 0 saturated carbocycles. The van der Waals surface area contributed by atoms with Gasteiger partial charge in [-0.3, -0.25) is 19.7 Å². The quantitative estimate of drug-likeness (QED) is 0.529. The molecule has 0 spiro atoms. The lowest BCUT2D eigenvalue weighted by molar-refractivity contribution is -0.385. The van der Waals surface area contributed by atoms with Crippen LogP contribution in [0, 0.1) is 10.1 Å². The molecular weight excluding hydrogens is 310 g/mol. The minimum absolute atomic E-state index is 0.0739. The summed E-state index contributed by atoms with van der Waals surface area (Å²) in [7, 11) is 0. The molecule has 1 N–H and O–H groups in total. The molecule has 7 heteroatoms. The number of carboxylic acids is 1. The monoisotopic (exact) mass is 321 g/mol. The van der Waals surface area contributed by atoms with Crippen molar-refractivity contribution in [1.29, 1.82) is 0 Å². The number of carbonyl (C=O) groups excluding carboxylic acids is 1. The van der Waals surface area contributed by atoms with E-state index in [1.54, 1.807) is 30.3 Å². The van der Waals surface area contributed by atoms with Gasteiger partial charge in [0.25, 0.3) is 11.7 Å². The minimum Gasteiger partial charge on any atom is -0.481 e. The van der Waals surface area contributed by atoms with Crippen LogP contribution in [0.4, 0.5) is 5.69 Å². The third-order valence-electron chi connectivity index (χ3n) is 2.45. The van der Waals surface area contributed by atoms with Gasteiger partial charge in [-0.25, -0.2) is 0 Å². The van der Waals surface area contributed by atoms with Crippen molar-refractivity contribution in [2.45, 2.75) is 6.92 Å². The molecule has 2 aromatic rings. The summed E-state index contributed by atoms with van der Waals surface area (Å²) < 4.78 is 0. The lowest BCUT2D eigenvalue weighted by Gasteiger charge is -2.02. The van der Waals surface area contributed by atoms with Crippen molar-refractivity contribution >= 4 is 29.0 Å². The van der Waals surface area contributed by atoms with E-state index in [4.69, 9.17) is 21.5 Å². The highest BCUT2D eigenvalue weighted by Gasteiger charge is 2.20. The van der Waals surface area contributed by atoms with Gasteiger partial charge in [0.2, 0.25) is 0 Å². The molecule has 0 atom stereocenters. The van der Waals surface area contributed by atoms with E-state index >= 15 is 0 Å². The Morgan fingerprint density at radius 3 is 2.09 bits per heavy atom. The number of nitro groups is 1. The van der Waals surface area contributed by atoms with Gasteiger partial charge < -0.3 is 5.11 Å². The third-order valence-corrected chi connectivity index (χ3v) is 2.70. The molecule has 0 aromatic heterocycles. The Morgan fingerprint density at radius 1 is 1.09 bits per heavy atom. The maximum Gasteiger partial charge on any atom is 0.300 e. The van der Waals surface area contributed by atoms with Gasteiger partial charge in [0, 0.05) is 23.6 Å². The van der Waals surface area contributed by atoms with Crippen LogP contribution in [-0.2, 0) is 4.79 Å². The molecule has 0 fully saturated rings. The Labute approximate surface area is 131 Å². The molecule has 0 unspecified atom stereocenters. The molecule has 0 aliphatic carbocycles. The first-order valence-corrected chi connectivity index (χ1v) is 6.44. The molecular formula is C15H12ClNO5. The number of halogens is 1. The second-order valence-electron chi connectivity index (χ2n) is 4.13. The van der Waals surface area contributed by atoms with Crippen LogP contribution in [0.25, 0.3) is 0 Å². The SMILES string of the molecule is CC(=O)O.O=C(c1ccc(Cl)cc1)c1ccccc1[N+](=O)[O-]. The fraction of sp³-hybridized carbons (Fsp3) is 0.0667. The fourth-order valence-corrected chi connectivity index (χ4v) is 1.71. The zero-order chi connectivity index (χ0) is 16.7. The van der Waals surface area contributed by atoms with Gasteiger partial charge in [0.15, 0.2) is 5.78 Å². The Hall–Kier alpha value is -2.73. The second kappa shape index (κ2) is 7.90. The molecule has 0 saturated heterocycles. The summed E-state index contributed by atoms with van der Waals surface area (Å²) in [5.41, 5.74) is 0.246. The zero-order valence-corrected chi connectivity index (χ0v) is 12.3. The van der Waals surface area contributed by atoms with E-state index in [-0.39, 0.29) is 17.0 Å². The molecule has 6 nitrogen and oxygen atoms in total. The number of hydrogen-bond donors (Lipinski definition) is 1. The van der Waals surface area contributed by atoms with Crippen LogP contribution in [0.1, 0.15) is 22.8 Å². The molecule has 0 bridgehead atoms. The van der Waals surface area contributed by atoms with Crippen LogP contribution in [0.3, 0.4) is 0 Å². The lowest BCUT2D eigenvalue weighted by Crippen LogP contribution is -2.05. The average Bonchev–Trinajstić information content (AvgIpc) is 2.46. The van der Waals surface area contributed by atoms with Crippen LogP contribution < -0.4 is 0 Å². The average molecular weight is 322 g/mol. The maximum absolute atomic E-state index is 12.1. The topological polar surface area (TPSA) is 97.5 Å². The number of benzene rings is 2. The zero-order valence-electron chi connectivity index (χ0n) is 11.5. The number of nitrogens with zero attached hydrogens (tertiary/aromatic N) is 1. The largest absolute Gasteiger partial charge is 0.481 e. The number of nitro benzene ring substituents is 1. The number of hydrogen-bond acceptors (Lipinski definition) is 4. The molecule has 0 radical (unpaired) electrons. The van der Waals surface area contributed by atoms with Gasteiger partial charge >= 0.3 is 0 Å². The van der Waals surface area contributed by atoms with Crippen molar-refractivity contribution in [2.24, 2.45) is 0 Å². The number of para-hydroxylation sites is 1. The van der Waals surface area contributed by atoms with Gasteiger partial charge in [-0.05, 0) is 30.3 Å². The molecule has 0 heterocycles. The van der Waals surface area contributed by atoms with Crippen molar-refractivity contribution in [3.8, 4) is 0 Å². The van der Waals surface area contributed by atoms with Gasteiger partial charge in [-0.1, -0.05) is 23.7 Å². The summed E-state index contributed by atoms with van der Waals surface area (Å²) in [6.07, 6.45) is 0. The van der Waals surface area contributed by atoms with Crippen molar-refractivity contribution in [1.82, 2.24) is 0 Å². The number of carbonyl (C=O) groups is 2. The smallest absolute Gasteiger partial charge is 0.300 e. The van der Waals surface area contributed by atoms with E-state index in [0.717, 1.165) is 6.92 Å². The predicted octanol–water partition coefficient (Wildman–Crippen LogP) is 3.57. The predicted molar refractivity (Wildman–Crippen MR) is 81.3 cm³/mol. The molecule has 2 rings (SSSR count). The standard InChI is InChI=1S/C13H8ClNO3.C2H4O2/c14-10-7-5-9(6-8-10)13(16)11-3-1-2-4-12(11)15(17)18;1-2(3)4/h1-8H;1H3,(H,3,4). The number of rotatable bonds is 3. The van der Waals surface area contributed by atoms with E-state index < -0.39 is 10.9 Å². The van der Waals surface area contributed by atoms with E-state index in [1.165, 1.54) is 18.2 Å². The Balaban J connectivity index is 0.000000541. The molecule has 22 heavy (non-hydrogen) atoms. The highest BCUT2D eigenvalue weighted by Crippen LogP contribution is 2.21. The molecule has 2 aromatic carbocycles. The first-order chi connectivity index (χ1) is 10.3. The second-order valence-corrected chi connectivity index (χ2v) is 4.57. The Morgan fingerprint density at radius 2 is 1.59 bits per heavy atom. The molecule has 0 aliphatic heterocycles. The van der Waals surface area contributed by atoms with Gasteiger partial charge in [0.1, 0.15) is 5.56 Å². The van der Waals surface area contributed by atoms with Crippen LogP contribution in [0.5, 0.6) is 0 Å². The number of ketones is 1.